The summed E-state index contributed by atoms with van der Waals surface area (Å²) in [7, 11) is 0. The number of hydrogen-bond donors (Lipinski definition) is 0. The van der Waals surface area contributed by atoms with Crippen molar-refractivity contribution >= 4 is 65.4 Å². The third kappa shape index (κ3) is 4.85. The largest absolute Gasteiger partial charge is 0.455 e. The van der Waals surface area contributed by atoms with Gasteiger partial charge in [0.05, 0.1) is 17.8 Å². The first kappa shape index (κ1) is 19.8. The zero-order valence-electron chi connectivity index (χ0n) is 41.0. The molecule has 1 nitrogen and oxygen atoms in total. The van der Waals surface area contributed by atoms with Crippen LogP contribution in [-0.4, -0.2) is 0 Å². The zero-order valence-corrected chi connectivity index (χ0v) is 28.0. The van der Waals surface area contributed by atoms with Crippen LogP contribution in [0.15, 0.2) is 198 Å². The Morgan fingerprint density at radius 2 is 1.09 bits per heavy atom. The molecule has 53 heavy (non-hydrogen) atoms. The number of para-hydroxylation sites is 1. The number of benzene rings is 8. The molecule has 8 aromatic carbocycles. The number of rotatable bonds is 4. The first-order valence-electron chi connectivity index (χ1n) is 23.9. The van der Waals surface area contributed by atoms with Gasteiger partial charge in [0.2, 0.25) is 0 Å². The summed E-state index contributed by atoms with van der Waals surface area (Å²) < 4.78 is 122. The molecule has 0 spiro atoms. The van der Waals surface area contributed by atoms with Crippen molar-refractivity contribution in [2.75, 3.05) is 0 Å². The first-order valence-corrected chi connectivity index (χ1v) is 17.4. The summed E-state index contributed by atoms with van der Waals surface area (Å²) in [5.41, 5.74) is 5.32. The van der Waals surface area contributed by atoms with Crippen LogP contribution < -0.4 is 0 Å². The molecule has 0 amide bonds. The maximum absolute atomic E-state index is 9.28. The van der Waals surface area contributed by atoms with Crippen LogP contribution in [0.1, 0.15) is 28.9 Å². The SMILES string of the molecule is [2H]c1c([2H])c([2H])c(-c2c3c([2H])c([2H])c([2H])c([2H])c3c(C3=CC4C=CC(c5ccc6c(c5)oc5c(-c7ccc8ccccc8c7)cccc56)=CC4C=C3)c3c([2H])c([2H])c([2H])c([2H])c23)c([2H])c1[2H]. The Bertz CT molecular complexity index is 3710. The molecule has 2 unspecified atom stereocenters. The van der Waals surface area contributed by atoms with E-state index in [1.807, 2.05) is 48.6 Å². The van der Waals surface area contributed by atoms with E-state index in [0.717, 1.165) is 55.0 Å². The van der Waals surface area contributed by atoms with Gasteiger partial charge in [-0.15, -0.1) is 0 Å². The molecular weight excluding hydrogens is 641 g/mol. The Kier molecular flexibility index (Phi) is 4.46. The summed E-state index contributed by atoms with van der Waals surface area (Å²) in [6.07, 6.45) is 11.8. The highest BCUT2D eigenvalue weighted by atomic mass is 16.3. The van der Waals surface area contributed by atoms with E-state index in [9.17, 15) is 5.48 Å². The first-order chi connectivity index (χ1) is 31.7. The number of hydrogen-bond acceptors (Lipinski definition) is 1. The monoisotopic (exact) mass is 687 g/mol. The fourth-order valence-corrected chi connectivity index (χ4v) is 8.01. The van der Waals surface area contributed by atoms with Gasteiger partial charge in [0.15, 0.2) is 0 Å². The molecule has 0 saturated carbocycles. The van der Waals surface area contributed by atoms with E-state index in [1.54, 1.807) is 6.08 Å². The maximum atomic E-state index is 9.28. The second-order valence-corrected chi connectivity index (χ2v) is 13.4. The molecule has 0 fully saturated rings. The van der Waals surface area contributed by atoms with Gasteiger partial charge in [-0.3, -0.25) is 0 Å². The second kappa shape index (κ2) is 11.9. The van der Waals surface area contributed by atoms with Gasteiger partial charge in [0.25, 0.3) is 0 Å². The molecule has 2 aliphatic carbocycles. The van der Waals surface area contributed by atoms with Crippen LogP contribution in [0.2, 0.25) is 0 Å². The van der Waals surface area contributed by atoms with Crippen LogP contribution in [-0.2, 0) is 0 Å². The summed E-state index contributed by atoms with van der Waals surface area (Å²) in [6, 6.07) is 18.9. The lowest BCUT2D eigenvalue weighted by atomic mass is 9.77. The lowest BCUT2D eigenvalue weighted by molar-refractivity contribution is 0.665. The molecule has 0 N–H and O–H groups in total. The van der Waals surface area contributed by atoms with Gasteiger partial charge in [-0.1, -0.05) is 176 Å². The smallest absolute Gasteiger partial charge is 0.143 e. The topological polar surface area (TPSA) is 13.1 Å². The molecule has 9 aromatic rings. The fourth-order valence-electron chi connectivity index (χ4n) is 8.01. The van der Waals surface area contributed by atoms with E-state index in [4.69, 9.17) is 16.8 Å². The summed E-state index contributed by atoms with van der Waals surface area (Å²) >= 11 is 0. The Balaban J connectivity index is 1.06. The second-order valence-electron chi connectivity index (χ2n) is 13.4. The number of allylic oxidation sites excluding steroid dienone is 8. The van der Waals surface area contributed by atoms with Crippen LogP contribution in [0.3, 0.4) is 0 Å². The summed E-state index contributed by atoms with van der Waals surface area (Å²) in [4.78, 5) is 0. The highest BCUT2D eigenvalue weighted by Crippen LogP contribution is 2.45. The highest BCUT2D eigenvalue weighted by Gasteiger charge is 2.24. The van der Waals surface area contributed by atoms with Gasteiger partial charge < -0.3 is 4.42 Å². The molecular formula is C52H34O. The van der Waals surface area contributed by atoms with E-state index in [0.29, 0.717) is 5.57 Å². The van der Waals surface area contributed by atoms with Crippen molar-refractivity contribution in [2.24, 2.45) is 11.8 Å². The van der Waals surface area contributed by atoms with E-state index in [2.05, 4.69) is 60.7 Å². The third-order valence-corrected chi connectivity index (χ3v) is 10.5. The average molecular weight is 688 g/mol. The molecule has 1 aromatic heterocycles. The molecule has 1 heterocycles. The normalized spacial score (nSPS) is 20.2. The molecule has 2 atom stereocenters. The van der Waals surface area contributed by atoms with Crippen molar-refractivity contribution in [2.45, 2.75) is 0 Å². The summed E-state index contributed by atoms with van der Waals surface area (Å²) in [5, 5.41) is 3.65. The van der Waals surface area contributed by atoms with Gasteiger partial charge in [-0.05, 0) is 89.5 Å². The predicted octanol–water partition coefficient (Wildman–Crippen LogP) is 14.2. The Morgan fingerprint density at radius 3 is 1.85 bits per heavy atom. The maximum Gasteiger partial charge on any atom is 0.143 e. The van der Waals surface area contributed by atoms with E-state index in [-0.39, 0.29) is 44.5 Å². The van der Waals surface area contributed by atoms with E-state index < -0.39 is 84.1 Å². The summed E-state index contributed by atoms with van der Waals surface area (Å²) in [5.74, 6) is -0.435. The van der Waals surface area contributed by atoms with Crippen LogP contribution in [0.25, 0.3) is 87.7 Å². The Hall–Kier alpha value is -6.70. The van der Waals surface area contributed by atoms with E-state index >= 15 is 0 Å². The van der Waals surface area contributed by atoms with Crippen molar-refractivity contribution in [1.82, 2.24) is 0 Å². The minimum atomic E-state index is -0.706. The fraction of sp³-hybridized carbons (Fsp3) is 0.0385. The number of fused-ring (bicyclic) bond motifs is 7. The van der Waals surface area contributed by atoms with Crippen LogP contribution in [0.5, 0.6) is 0 Å². The van der Waals surface area contributed by atoms with Gasteiger partial charge in [-0.2, -0.15) is 0 Å². The Morgan fingerprint density at radius 1 is 0.453 bits per heavy atom. The number of furan rings is 1. The predicted molar refractivity (Wildman–Crippen MR) is 225 cm³/mol. The molecule has 0 aliphatic heterocycles. The van der Waals surface area contributed by atoms with Gasteiger partial charge in [0, 0.05) is 28.2 Å². The molecule has 1 heteroatoms. The lowest BCUT2D eigenvalue weighted by Crippen LogP contribution is -2.13. The minimum Gasteiger partial charge on any atom is -0.455 e. The van der Waals surface area contributed by atoms with Crippen molar-refractivity contribution in [3.63, 3.8) is 0 Å². The molecule has 248 valence electrons. The lowest BCUT2D eigenvalue weighted by Gasteiger charge is -2.27. The minimum absolute atomic E-state index is 0.103. The zero-order chi connectivity index (χ0) is 46.2. The highest BCUT2D eigenvalue weighted by molar-refractivity contribution is 6.19. The van der Waals surface area contributed by atoms with Crippen LogP contribution in [0, 0.1) is 11.8 Å². The third-order valence-electron chi connectivity index (χ3n) is 10.5. The molecule has 11 rings (SSSR count). The van der Waals surface area contributed by atoms with Crippen molar-refractivity contribution in [1.29, 1.82) is 0 Å². The van der Waals surface area contributed by atoms with Crippen LogP contribution >= 0.6 is 0 Å². The molecule has 2 aliphatic rings. The molecule has 0 saturated heterocycles. The Labute approximate surface area is 326 Å². The van der Waals surface area contributed by atoms with Crippen molar-refractivity contribution in [3.05, 3.63) is 205 Å². The summed E-state index contributed by atoms with van der Waals surface area (Å²) in [6.45, 7) is 0. The quantitative estimate of drug-likeness (QED) is 0.168. The van der Waals surface area contributed by atoms with Crippen molar-refractivity contribution in [3.8, 4) is 22.3 Å². The van der Waals surface area contributed by atoms with Gasteiger partial charge >= 0.3 is 0 Å². The van der Waals surface area contributed by atoms with Gasteiger partial charge in [-0.25, -0.2) is 0 Å². The molecule has 0 radical (unpaired) electrons. The standard InChI is InChI=1S/C52H34O/c1-2-12-34(13-3-1)50-44-15-6-8-17-46(44)51(47-18-9-7-16-45(47)50)41-26-24-36-29-37(22-23-38(36)31-41)39-27-28-43-48-20-10-19-42(52(48)53-49(43)32-39)40-25-21-33-11-4-5-14-35(33)30-40/h1-32,36,38H/i1D,2D,3D,6D,7D,8D,9D,12D,13D,15D,16D,17D,18D. The van der Waals surface area contributed by atoms with Crippen LogP contribution in [0.4, 0.5) is 0 Å². The average Bonchev–Trinajstić information content (AvgIpc) is 3.72. The molecule has 0 bridgehead atoms. The van der Waals surface area contributed by atoms with Crippen molar-refractivity contribution < 1.29 is 22.2 Å². The van der Waals surface area contributed by atoms with E-state index in [1.165, 1.54) is 0 Å². The van der Waals surface area contributed by atoms with Gasteiger partial charge in [0.1, 0.15) is 11.2 Å².